The number of rotatable bonds is 3. The minimum absolute atomic E-state index is 0.0913. The van der Waals surface area contributed by atoms with Gasteiger partial charge in [-0.25, -0.2) is 4.98 Å². The first kappa shape index (κ1) is 15.1. The molecule has 0 spiro atoms. The molecule has 0 saturated carbocycles. The van der Waals surface area contributed by atoms with E-state index >= 15 is 0 Å². The summed E-state index contributed by atoms with van der Waals surface area (Å²) in [7, 11) is 0. The van der Waals surface area contributed by atoms with Crippen molar-refractivity contribution in [1.82, 2.24) is 9.88 Å². The number of carbonyl (C=O) groups is 1. The Morgan fingerprint density at radius 1 is 1.27 bits per heavy atom. The largest absolute Gasteiger partial charge is 0.474 e. The van der Waals surface area contributed by atoms with E-state index in [2.05, 4.69) is 9.88 Å². The van der Waals surface area contributed by atoms with Crippen LogP contribution in [0, 0.1) is 0 Å². The average molecular weight is 306 g/mol. The van der Waals surface area contributed by atoms with Gasteiger partial charge in [-0.05, 0) is 26.0 Å². The second kappa shape index (κ2) is 5.73. The Hall–Kier alpha value is -1.86. The van der Waals surface area contributed by atoms with E-state index in [1.807, 2.05) is 0 Å². The Kier molecular flexibility index (Phi) is 3.92. The van der Waals surface area contributed by atoms with Gasteiger partial charge < -0.3 is 15.2 Å². The van der Waals surface area contributed by atoms with Gasteiger partial charge in [0.15, 0.2) is 17.2 Å². The monoisotopic (exact) mass is 306 g/mol. The number of nitrogens with zero attached hydrogens (tertiary/aromatic N) is 3. The zero-order valence-electron chi connectivity index (χ0n) is 13.0. The maximum Gasteiger partial charge on any atom is 0.271 e. The Morgan fingerprint density at radius 2 is 2.00 bits per heavy atom. The number of amides is 1. The van der Waals surface area contributed by atoms with Crippen LogP contribution in [-0.4, -0.2) is 60.8 Å². The highest BCUT2D eigenvalue weighted by atomic mass is 16.5. The number of morpholine rings is 1. The number of hydrogen-bond donors (Lipinski definition) is 1. The zero-order valence-corrected chi connectivity index (χ0v) is 13.0. The van der Waals surface area contributed by atoms with Crippen molar-refractivity contribution in [3.8, 4) is 5.75 Å². The molecule has 1 aromatic heterocycles. The quantitative estimate of drug-likeness (QED) is 0.876. The summed E-state index contributed by atoms with van der Waals surface area (Å²) in [6.07, 6.45) is 0. The molecule has 0 bridgehead atoms. The summed E-state index contributed by atoms with van der Waals surface area (Å²) < 4.78 is 11.1. The third kappa shape index (κ3) is 2.86. The van der Waals surface area contributed by atoms with Crippen molar-refractivity contribution in [2.24, 2.45) is 0 Å². The van der Waals surface area contributed by atoms with E-state index in [0.29, 0.717) is 23.9 Å². The Bertz CT molecular complexity index is 570. The van der Waals surface area contributed by atoms with Crippen LogP contribution in [0.15, 0.2) is 12.1 Å². The molecule has 1 amide bonds. The van der Waals surface area contributed by atoms with Crippen molar-refractivity contribution in [2.75, 3.05) is 50.0 Å². The SMILES string of the molecule is CC1(C)Oc2ccc(N)nc2N(CCN2CCOCC2)C1=O. The van der Waals surface area contributed by atoms with Crippen molar-refractivity contribution in [3.05, 3.63) is 12.1 Å². The van der Waals surface area contributed by atoms with Gasteiger partial charge in [0.05, 0.1) is 13.2 Å². The Balaban J connectivity index is 1.81. The van der Waals surface area contributed by atoms with Crippen LogP contribution in [0.5, 0.6) is 5.75 Å². The topological polar surface area (TPSA) is 80.9 Å². The first-order valence-electron chi connectivity index (χ1n) is 7.55. The lowest BCUT2D eigenvalue weighted by molar-refractivity contribution is -0.132. The summed E-state index contributed by atoms with van der Waals surface area (Å²) in [6, 6.07) is 3.46. The van der Waals surface area contributed by atoms with Gasteiger partial charge in [-0.2, -0.15) is 0 Å². The lowest BCUT2D eigenvalue weighted by atomic mass is 10.1. The van der Waals surface area contributed by atoms with E-state index in [1.54, 1.807) is 30.9 Å². The minimum Gasteiger partial charge on any atom is -0.474 e. The average Bonchev–Trinajstić information content (AvgIpc) is 2.49. The maximum atomic E-state index is 12.7. The molecule has 3 heterocycles. The maximum absolute atomic E-state index is 12.7. The number of fused-ring (bicyclic) bond motifs is 1. The first-order chi connectivity index (χ1) is 10.5. The highest BCUT2D eigenvalue weighted by Gasteiger charge is 2.41. The summed E-state index contributed by atoms with van der Waals surface area (Å²) in [6.45, 7) is 8.15. The van der Waals surface area contributed by atoms with E-state index in [0.717, 1.165) is 32.8 Å². The smallest absolute Gasteiger partial charge is 0.271 e. The van der Waals surface area contributed by atoms with Crippen LogP contribution in [0.1, 0.15) is 13.8 Å². The molecule has 2 N–H and O–H groups in total. The molecule has 1 saturated heterocycles. The fraction of sp³-hybridized carbons (Fsp3) is 0.600. The normalized spacial score (nSPS) is 21.4. The van der Waals surface area contributed by atoms with Gasteiger partial charge in [-0.1, -0.05) is 0 Å². The molecule has 22 heavy (non-hydrogen) atoms. The van der Waals surface area contributed by atoms with Crippen LogP contribution >= 0.6 is 0 Å². The molecule has 0 aliphatic carbocycles. The van der Waals surface area contributed by atoms with Gasteiger partial charge >= 0.3 is 0 Å². The van der Waals surface area contributed by atoms with Crippen LogP contribution in [0.2, 0.25) is 0 Å². The van der Waals surface area contributed by atoms with Gasteiger partial charge in [-0.3, -0.25) is 14.6 Å². The molecule has 7 nitrogen and oxygen atoms in total. The second-order valence-corrected chi connectivity index (χ2v) is 6.08. The molecule has 0 unspecified atom stereocenters. The van der Waals surface area contributed by atoms with Gasteiger partial charge in [0.2, 0.25) is 0 Å². The summed E-state index contributed by atoms with van der Waals surface area (Å²) >= 11 is 0. The number of aromatic nitrogens is 1. The predicted octanol–water partition coefficient (Wildman–Crippen LogP) is 0.500. The van der Waals surface area contributed by atoms with E-state index in [9.17, 15) is 4.79 Å². The number of pyridine rings is 1. The highest BCUT2D eigenvalue weighted by molar-refractivity contribution is 6.01. The summed E-state index contributed by atoms with van der Waals surface area (Å²) in [5.74, 6) is 1.40. The number of carbonyl (C=O) groups excluding carboxylic acids is 1. The number of ether oxygens (including phenoxy) is 2. The van der Waals surface area contributed by atoms with Crippen LogP contribution in [0.4, 0.5) is 11.6 Å². The minimum atomic E-state index is -0.893. The molecular weight excluding hydrogens is 284 g/mol. The number of nitrogens with two attached hydrogens (primary N) is 1. The number of nitrogen functional groups attached to an aromatic ring is 1. The number of anilines is 2. The van der Waals surface area contributed by atoms with Gasteiger partial charge in [0, 0.05) is 26.2 Å². The van der Waals surface area contributed by atoms with Crippen molar-refractivity contribution in [3.63, 3.8) is 0 Å². The molecule has 2 aliphatic heterocycles. The van der Waals surface area contributed by atoms with Crippen LogP contribution < -0.4 is 15.4 Å². The fourth-order valence-corrected chi connectivity index (χ4v) is 2.74. The standard InChI is InChI=1S/C15H22N4O3/c1-15(2)14(20)19(6-5-18-7-9-21-10-8-18)13-11(22-15)3-4-12(16)17-13/h3-4H,5-10H2,1-2H3,(H2,16,17). The Morgan fingerprint density at radius 3 is 2.73 bits per heavy atom. The Labute approximate surface area is 130 Å². The lowest BCUT2D eigenvalue weighted by Gasteiger charge is -2.39. The molecule has 2 aliphatic rings. The van der Waals surface area contributed by atoms with Crippen molar-refractivity contribution in [2.45, 2.75) is 19.4 Å². The molecule has 0 aromatic carbocycles. The van der Waals surface area contributed by atoms with Gasteiger partial charge in [0.1, 0.15) is 5.82 Å². The molecule has 7 heteroatoms. The number of hydrogen-bond acceptors (Lipinski definition) is 6. The van der Waals surface area contributed by atoms with Crippen LogP contribution in [-0.2, 0) is 9.53 Å². The molecular formula is C15H22N4O3. The van der Waals surface area contributed by atoms with Crippen molar-refractivity contribution in [1.29, 1.82) is 0 Å². The summed E-state index contributed by atoms with van der Waals surface area (Å²) in [5, 5.41) is 0. The fourth-order valence-electron chi connectivity index (χ4n) is 2.74. The van der Waals surface area contributed by atoms with Gasteiger partial charge in [-0.15, -0.1) is 0 Å². The van der Waals surface area contributed by atoms with Crippen molar-refractivity contribution >= 4 is 17.5 Å². The van der Waals surface area contributed by atoms with Gasteiger partial charge in [0.25, 0.3) is 5.91 Å². The van der Waals surface area contributed by atoms with E-state index in [1.165, 1.54) is 0 Å². The van der Waals surface area contributed by atoms with E-state index in [4.69, 9.17) is 15.2 Å². The molecule has 3 rings (SSSR count). The molecule has 1 aromatic rings. The summed E-state index contributed by atoms with van der Waals surface area (Å²) in [5.41, 5.74) is 4.87. The lowest BCUT2D eigenvalue weighted by Crippen LogP contribution is -2.55. The van der Waals surface area contributed by atoms with E-state index in [-0.39, 0.29) is 5.91 Å². The zero-order chi connectivity index (χ0) is 15.7. The van der Waals surface area contributed by atoms with E-state index < -0.39 is 5.60 Å². The molecule has 0 radical (unpaired) electrons. The third-order valence-electron chi connectivity index (χ3n) is 3.99. The second-order valence-electron chi connectivity index (χ2n) is 6.08. The first-order valence-corrected chi connectivity index (χ1v) is 7.55. The van der Waals surface area contributed by atoms with Crippen molar-refractivity contribution < 1.29 is 14.3 Å². The predicted molar refractivity (Wildman–Crippen MR) is 83.0 cm³/mol. The molecule has 0 atom stereocenters. The summed E-state index contributed by atoms with van der Waals surface area (Å²) in [4.78, 5) is 20.9. The molecule has 1 fully saturated rings. The van der Waals surface area contributed by atoms with Crippen LogP contribution in [0.25, 0.3) is 0 Å². The highest BCUT2D eigenvalue weighted by Crippen LogP contribution is 2.36. The van der Waals surface area contributed by atoms with Crippen LogP contribution in [0.3, 0.4) is 0 Å². The third-order valence-corrected chi connectivity index (χ3v) is 3.99. The molecule has 120 valence electrons.